The lowest BCUT2D eigenvalue weighted by Gasteiger charge is -2.12. The lowest BCUT2D eigenvalue weighted by Crippen LogP contribution is -2.40. The van der Waals surface area contributed by atoms with E-state index in [0.717, 1.165) is 19.3 Å². The van der Waals surface area contributed by atoms with Crippen molar-refractivity contribution >= 4 is 35.9 Å². The van der Waals surface area contributed by atoms with Gasteiger partial charge in [0.25, 0.3) is 0 Å². The second kappa shape index (κ2) is 13.9. The van der Waals surface area contributed by atoms with Crippen molar-refractivity contribution in [2.75, 3.05) is 27.4 Å². The van der Waals surface area contributed by atoms with Gasteiger partial charge in [-0.05, 0) is 19.8 Å². The fourth-order valence-electron chi connectivity index (χ4n) is 1.45. The summed E-state index contributed by atoms with van der Waals surface area (Å²) >= 11 is 0. The summed E-state index contributed by atoms with van der Waals surface area (Å²) in [6.45, 7) is 3.23. The maximum Gasteiger partial charge on any atom is 0.305 e. The molecule has 0 rings (SSSR count). The molecule has 0 fully saturated rings. The van der Waals surface area contributed by atoms with E-state index in [0.29, 0.717) is 25.5 Å². The number of aliphatic imine (C=N–C) groups is 1. The Kier molecular flexibility index (Phi) is 15.1. The minimum atomic E-state index is -0.159. The number of halogens is 1. The molecule has 0 aromatic rings. The number of nitrogens with two attached hydrogens (primary N) is 1. The summed E-state index contributed by atoms with van der Waals surface area (Å²) in [6, 6.07) is 0.151. The van der Waals surface area contributed by atoms with E-state index < -0.39 is 0 Å². The molecule has 0 heterocycles. The van der Waals surface area contributed by atoms with Gasteiger partial charge in [0.05, 0.1) is 13.7 Å². The van der Waals surface area contributed by atoms with Gasteiger partial charge >= 0.3 is 5.97 Å². The van der Waals surface area contributed by atoms with E-state index in [-0.39, 0.29) is 36.0 Å². The summed E-state index contributed by atoms with van der Waals surface area (Å²) in [6.07, 6.45) is 3.16. The van der Waals surface area contributed by atoms with Crippen molar-refractivity contribution in [3.63, 3.8) is 0 Å². The Bertz CT molecular complexity index is 263. The first kappa shape index (κ1) is 20.7. The van der Waals surface area contributed by atoms with Crippen LogP contribution in [0.4, 0.5) is 0 Å². The molecule has 0 amide bonds. The molecule has 6 nitrogen and oxygen atoms in total. The molecule has 7 heteroatoms. The van der Waals surface area contributed by atoms with Crippen LogP contribution < -0.4 is 11.1 Å². The normalized spacial score (nSPS) is 12.5. The fourth-order valence-corrected chi connectivity index (χ4v) is 1.45. The Labute approximate surface area is 132 Å². The zero-order chi connectivity index (χ0) is 13.8. The molecule has 0 spiro atoms. The lowest BCUT2D eigenvalue weighted by molar-refractivity contribution is -0.140. The second-order valence-electron chi connectivity index (χ2n) is 4.15. The van der Waals surface area contributed by atoms with E-state index in [1.165, 1.54) is 7.11 Å². The van der Waals surface area contributed by atoms with Crippen molar-refractivity contribution < 1.29 is 14.3 Å². The molecule has 114 valence electrons. The highest BCUT2D eigenvalue weighted by Crippen LogP contribution is 2.00. The van der Waals surface area contributed by atoms with Gasteiger partial charge in [-0.25, -0.2) is 0 Å². The number of carbonyl (C=O) groups is 1. The van der Waals surface area contributed by atoms with Crippen LogP contribution in [0.25, 0.3) is 0 Å². The summed E-state index contributed by atoms with van der Waals surface area (Å²) in [4.78, 5) is 15.0. The third-order valence-corrected chi connectivity index (χ3v) is 2.36. The molecule has 0 aromatic heterocycles. The van der Waals surface area contributed by atoms with E-state index in [2.05, 4.69) is 15.0 Å². The van der Waals surface area contributed by atoms with Crippen LogP contribution in [0, 0.1) is 0 Å². The number of hydrogen-bond acceptors (Lipinski definition) is 4. The predicted octanol–water partition coefficient (Wildman–Crippen LogP) is 1.28. The SMILES string of the molecule is COCC(C)NC(N)=NCCCCCC(=O)OC.I. The van der Waals surface area contributed by atoms with Crippen LogP contribution in [-0.2, 0) is 14.3 Å². The van der Waals surface area contributed by atoms with Crippen molar-refractivity contribution in [2.24, 2.45) is 10.7 Å². The van der Waals surface area contributed by atoms with Crippen LogP contribution in [0.1, 0.15) is 32.6 Å². The average molecular weight is 387 g/mol. The summed E-state index contributed by atoms with van der Waals surface area (Å²) in [5.41, 5.74) is 5.70. The van der Waals surface area contributed by atoms with E-state index in [1.807, 2.05) is 6.92 Å². The van der Waals surface area contributed by atoms with Gasteiger partial charge in [-0.15, -0.1) is 24.0 Å². The molecule has 0 aromatic carbocycles. The highest BCUT2D eigenvalue weighted by molar-refractivity contribution is 14.0. The number of carbonyl (C=O) groups excluding carboxylic acids is 1. The van der Waals surface area contributed by atoms with Crippen molar-refractivity contribution in [3.05, 3.63) is 0 Å². The van der Waals surface area contributed by atoms with E-state index >= 15 is 0 Å². The van der Waals surface area contributed by atoms with Gasteiger partial charge in [0.1, 0.15) is 0 Å². The summed E-state index contributed by atoms with van der Waals surface area (Å²) < 4.78 is 9.53. The molecule has 0 aliphatic carbocycles. The summed E-state index contributed by atoms with van der Waals surface area (Å²) in [5.74, 6) is 0.278. The molecule has 0 aliphatic heterocycles. The van der Waals surface area contributed by atoms with Crippen LogP contribution in [-0.4, -0.2) is 45.3 Å². The molecule has 19 heavy (non-hydrogen) atoms. The third kappa shape index (κ3) is 13.7. The number of unbranched alkanes of at least 4 members (excludes halogenated alkanes) is 2. The molecule has 0 aliphatic rings. The lowest BCUT2D eigenvalue weighted by atomic mass is 10.2. The number of methoxy groups -OCH3 is 2. The number of esters is 1. The van der Waals surface area contributed by atoms with Gasteiger partial charge in [0.15, 0.2) is 5.96 Å². The minimum Gasteiger partial charge on any atom is -0.469 e. The minimum absolute atomic E-state index is 0. The predicted molar refractivity (Wildman–Crippen MR) is 86.9 cm³/mol. The quantitative estimate of drug-likeness (QED) is 0.205. The Morgan fingerprint density at radius 2 is 2.00 bits per heavy atom. The Morgan fingerprint density at radius 3 is 2.58 bits per heavy atom. The number of nitrogens with zero attached hydrogens (tertiary/aromatic N) is 1. The molecule has 0 saturated carbocycles. The van der Waals surface area contributed by atoms with Crippen LogP contribution in [0.2, 0.25) is 0 Å². The van der Waals surface area contributed by atoms with Gasteiger partial charge in [-0.3, -0.25) is 9.79 Å². The van der Waals surface area contributed by atoms with Crippen LogP contribution in [0.5, 0.6) is 0 Å². The monoisotopic (exact) mass is 387 g/mol. The first-order valence-corrected chi connectivity index (χ1v) is 6.22. The van der Waals surface area contributed by atoms with Crippen LogP contribution in [0.15, 0.2) is 4.99 Å². The van der Waals surface area contributed by atoms with Gasteiger partial charge < -0.3 is 20.5 Å². The highest BCUT2D eigenvalue weighted by atomic mass is 127. The summed E-state index contributed by atoms with van der Waals surface area (Å²) in [7, 11) is 3.05. The first-order chi connectivity index (χ1) is 8.60. The van der Waals surface area contributed by atoms with Gasteiger partial charge in [-0.1, -0.05) is 6.42 Å². The fraction of sp³-hybridized carbons (Fsp3) is 0.833. The first-order valence-electron chi connectivity index (χ1n) is 6.22. The molecular formula is C12H26IN3O3. The summed E-state index contributed by atoms with van der Waals surface area (Å²) in [5, 5.41) is 3.03. The highest BCUT2D eigenvalue weighted by Gasteiger charge is 2.01. The smallest absolute Gasteiger partial charge is 0.305 e. The molecule has 0 saturated heterocycles. The van der Waals surface area contributed by atoms with Crippen molar-refractivity contribution in [1.29, 1.82) is 0 Å². The molecule has 1 atom stereocenters. The molecule has 3 N–H and O–H groups in total. The van der Waals surface area contributed by atoms with Crippen molar-refractivity contribution in [3.8, 4) is 0 Å². The van der Waals surface area contributed by atoms with E-state index in [4.69, 9.17) is 10.5 Å². The Morgan fingerprint density at radius 1 is 1.32 bits per heavy atom. The van der Waals surface area contributed by atoms with Gasteiger partial charge in [0.2, 0.25) is 0 Å². The van der Waals surface area contributed by atoms with Crippen molar-refractivity contribution in [1.82, 2.24) is 5.32 Å². The molecule has 0 radical (unpaired) electrons. The molecule has 0 bridgehead atoms. The second-order valence-corrected chi connectivity index (χ2v) is 4.15. The van der Waals surface area contributed by atoms with Gasteiger partial charge in [-0.2, -0.15) is 0 Å². The zero-order valence-corrected chi connectivity index (χ0v) is 14.3. The third-order valence-electron chi connectivity index (χ3n) is 2.36. The maximum atomic E-state index is 10.8. The van der Waals surface area contributed by atoms with Gasteiger partial charge in [0, 0.05) is 26.1 Å². The largest absolute Gasteiger partial charge is 0.469 e. The number of guanidine groups is 1. The Balaban J connectivity index is 0. The zero-order valence-electron chi connectivity index (χ0n) is 12.0. The van der Waals surface area contributed by atoms with Crippen LogP contribution >= 0.6 is 24.0 Å². The maximum absolute atomic E-state index is 10.8. The number of rotatable bonds is 9. The van der Waals surface area contributed by atoms with Crippen molar-refractivity contribution in [2.45, 2.75) is 38.6 Å². The number of hydrogen-bond donors (Lipinski definition) is 2. The standard InChI is InChI=1S/C12H25N3O3.HI/c1-10(9-17-2)15-12(13)14-8-6-4-5-7-11(16)18-3;/h10H,4-9H2,1-3H3,(H3,13,14,15);1H. The van der Waals surface area contributed by atoms with E-state index in [9.17, 15) is 4.79 Å². The number of nitrogens with one attached hydrogen (secondary N) is 1. The Hall–Kier alpha value is -0.570. The topological polar surface area (TPSA) is 85.9 Å². The molecular weight excluding hydrogens is 361 g/mol. The molecule has 1 unspecified atom stereocenters. The average Bonchev–Trinajstić information content (AvgIpc) is 2.33. The number of ether oxygens (including phenoxy) is 2. The van der Waals surface area contributed by atoms with Crippen LogP contribution in [0.3, 0.4) is 0 Å². The van der Waals surface area contributed by atoms with E-state index in [1.54, 1.807) is 7.11 Å².